The SMILES string of the molecule is COc1cc(CC(C)O)c(OC)cc1Br. The summed E-state index contributed by atoms with van der Waals surface area (Å²) in [6.45, 7) is 1.74. The molecule has 0 spiro atoms. The average molecular weight is 275 g/mol. The van der Waals surface area contributed by atoms with Crippen molar-refractivity contribution in [2.75, 3.05) is 14.2 Å². The lowest BCUT2D eigenvalue weighted by molar-refractivity contribution is 0.194. The van der Waals surface area contributed by atoms with Crippen LogP contribution in [0.5, 0.6) is 11.5 Å². The lowest BCUT2D eigenvalue weighted by atomic mass is 10.1. The van der Waals surface area contributed by atoms with Crippen LogP contribution in [0, 0.1) is 0 Å². The Morgan fingerprint density at radius 2 is 1.87 bits per heavy atom. The third kappa shape index (κ3) is 3.11. The molecule has 0 bridgehead atoms. The molecule has 3 nitrogen and oxygen atoms in total. The number of aliphatic hydroxyl groups is 1. The summed E-state index contributed by atoms with van der Waals surface area (Å²) in [7, 11) is 3.22. The monoisotopic (exact) mass is 274 g/mol. The largest absolute Gasteiger partial charge is 0.496 e. The van der Waals surface area contributed by atoms with Crippen molar-refractivity contribution in [2.24, 2.45) is 0 Å². The predicted molar refractivity (Wildman–Crippen MR) is 62.6 cm³/mol. The summed E-state index contributed by atoms with van der Waals surface area (Å²) >= 11 is 3.38. The van der Waals surface area contributed by atoms with Crippen molar-refractivity contribution >= 4 is 15.9 Å². The molecule has 0 heterocycles. The molecule has 0 aromatic heterocycles. The van der Waals surface area contributed by atoms with E-state index in [0.717, 1.165) is 21.5 Å². The zero-order chi connectivity index (χ0) is 11.4. The van der Waals surface area contributed by atoms with E-state index in [0.29, 0.717) is 6.42 Å². The lowest BCUT2D eigenvalue weighted by Gasteiger charge is -2.13. The van der Waals surface area contributed by atoms with Crippen molar-refractivity contribution in [3.8, 4) is 11.5 Å². The summed E-state index contributed by atoms with van der Waals surface area (Å²) in [6, 6.07) is 3.71. The van der Waals surface area contributed by atoms with Gasteiger partial charge in [-0.3, -0.25) is 0 Å². The van der Waals surface area contributed by atoms with Crippen molar-refractivity contribution in [3.05, 3.63) is 22.2 Å². The fraction of sp³-hybridized carbons (Fsp3) is 0.455. The Morgan fingerprint density at radius 3 is 2.33 bits per heavy atom. The molecular weight excluding hydrogens is 260 g/mol. The van der Waals surface area contributed by atoms with Gasteiger partial charge >= 0.3 is 0 Å². The molecule has 1 unspecified atom stereocenters. The third-order valence-corrected chi connectivity index (χ3v) is 2.69. The van der Waals surface area contributed by atoms with E-state index < -0.39 is 6.10 Å². The molecule has 0 aliphatic heterocycles. The van der Waals surface area contributed by atoms with Crippen LogP contribution in [0.1, 0.15) is 12.5 Å². The molecular formula is C11H15BrO3. The Hall–Kier alpha value is -0.740. The van der Waals surface area contributed by atoms with Crippen molar-refractivity contribution in [2.45, 2.75) is 19.4 Å². The van der Waals surface area contributed by atoms with Crippen LogP contribution >= 0.6 is 15.9 Å². The fourth-order valence-electron chi connectivity index (χ4n) is 1.40. The molecule has 1 atom stereocenters. The average Bonchev–Trinajstić information content (AvgIpc) is 2.19. The zero-order valence-corrected chi connectivity index (χ0v) is 10.7. The zero-order valence-electron chi connectivity index (χ0n) is 9.08. The van der Waals surface area contributed by atoms with E-state index in [2.05, 4.69) is 15.9 Å². The van der Waals surface area contributed by atoms with E-state index in [1.54, 1.807) is 21.1 Å². The van der Waals surface area contributed by atoms with Gasteiger partial charge in [0.15, 0.2) is 0 Å². The molecule has 0 saturated carbocycles. The van der Waals surface area contributed by atoms with Gasteiger partial charge in [-0.25, -0.2) is 0 Å². The highest BCUT2D eigenvalue weighted by Crippen LogP contribution is 2.33. The Labute approximate surface area is 98.1 Å². The van der Waals surface area contributed by atoms with E-state index in [-0.39, 0.29) is 0 Å². The van der Waals surface area contributed by atoms with E-state index in [1.807, 2.05) is 12.1 Å². The highest BCUT2D eigenvalue weighted by Gasteiger charge is 2.11. The van der Waals surface area contributed by atoms with Crippen molar-refractivity contribution in [1.29, 1.82) is 0 Å². The van der Waals surface area contributed by atoms with Gasteiger partial charge in [0.2, 0.25) is 0 Å². The van der Waals surface area contributed by atoms with E-state index in [9.17, 15) is 5.11 Å². The highest BCUT2D eigenvalue weighted by atomic mass is 79.9. The number of ether oxygens (including phenoxy) is 2. The topological polar surface area (TPSA) is 38.7 Å². The molecule has 1 aromatic rings. The van der Waals surface area contributed by atoms with Crippen LogP contribution in [0.4, 0.5) is 0 Å². The summed E-state index contributed by atoms with van der Waals surface area (Å²) in [5.41, 5.74) is 0.938. The number of rotatable bonds is 4. The van der Waals surface area contributed by atoms with Gasteiger partial charge in [0.1, 0.15) is 11.5 Å². The maximum atomic E-state index is 9.35. The van der Waals surface area contributed by atoms with Gasteiger partial charge in [-0.05, 0) is 35.0 Å². The smallest absolute Gasteiger partial charge is 0.133 e. The normalized spacial score (nSPS) is 12.3. The lowest BCUT2D eigenvalue weighted by Crippen LogP contribution is -2.06. The van der Waals surface area contributed by atoms with Crippen LogP contribution in [0.2, 0.25) is 0 Å². The van der Waals surface area contributed by atoms with E-state index in [4.69, 9.17) is 9.47 Å². The van der Waals surface area contributed by atoms with Crippen LogP contribution in [0.25, 0.3) is 0 Å². The fourth-order valence-corrected chi connectivity index (χ4v) is 1.89. The molecule has 1 aromatic carbocycles. The molecule has 0 aliphatic carbocycles. The molecule has 84 valence electrons. The minimum Gasteiger partial charge on any atom is -0.496 e. The van der Waals surface area contributed by atoms with Crippen LogP contribution in [-0.2, 0) is 6.42 Å². The molecule has 1 rings (SSSR count). The van der Waals surface area contributed by atoms with Gasteiger partial charge in [0.05, 0.1) is 24.8 Å². The molecule has 4 heteroatoms. The standard InChI is InChI=1S/C11H15BrO3/c1-7(13)4-8-5-11(15-3)9(12)6-10(8)14-2/h5-7,13H,4H2,1-3H3. The first-order chi connectivity index (χ1) is 7.08. The minimum absolute atomic E-state index is 0.398. The molecule has 0 saturated heterocycles. The molecule has 15 heavy (non-hydrogen) atoms. The Morgan fingerprint density at radius 1 is 1.27 bits per heavy atom. The Bertz CT molecular complexity index is 337. The second kappa shape index (κ2) is 5.37. The first-order valence-corrected chi connectivity index (χ1v) is 5.46. The molecule has 0 fully saturated rings. The van der Waals surface area contributed by atoms with Crippen LogP contribution in [-0.4, -0.2) is 25.4 Å². The molecule has 1 N–H and O–H groups in total. The van der Waals surface area contributed by atoms with Crippen LogP contribution in [0.15, 0.2) is 16.6 Å². The quantitative estimate of drug-likeness (QED) is 0.917. The number of hydrogen-bond donors (Lipinski definition) is 1. The second-order valence-electron chi connectivity index (χ2n) is 3.35. The predicted octanol–water partition coefficient (Wildman–Crippen LogP) is 2.39. The number of halogens is 1. The maximum Gasteiger partial charge on any atom is 0.133 e. The highest BCUT2D eigenvalue weighted by molar-refractivity contribution is 9.10. The van der Waals surface area contributed by atoms with Crippen LogP contribution in [0.3, 0.4) is 0 Å². The van der Waals surface area contributed by atoms with Gasteiger partial charge in [0.25, 0.3) is 0 Å². The van der Waals surface area contributed by atoms with Gasteiger partial charge in [-0.2, -0.15) is 0 Å². The van der Waals surface area contributed by atoms with Crippen LogP contribution < -0.4 is 9.47 Å². The van der Waals surface area contributed by atoms with Gasteiger partial charge in [-0.1, -0.05) is 0 Å². The van der Waals surface area contributed by atoms with Gasteiger partial charge in [-0.15, -0.1) is 0 Å². The first-order valence-electron chi connectivity index (χ1n) is 4.67. The van der Waals surface area contributed by atoms with Crippen molar-refractivity contribution in [1.82, 2.24) is 0 Å². The van der Waals surface area contributed by atoms with Crippen molar-refractivity contribution in [3.63, 3.8) is 0 Å². The molecule has 0 amide bonds. The Kier molecular flexibility index (Phi) is 4.42. The minimum atomic E-state index is -0.398. The van der Waals surface area contributed by atoms with E-state index in [1.165, 1.54) is 0 Å². The summed E-state index contributed by atoms with van der Waals surface area (Å²) < 4.78 is 11.3. The summed E-state index contributed by atoms with van der Waals surface area (Å²) in [5, 5.41) is 9.35. The number of aliphatic hydroxyl groups excluding tert-OH is 1. The number of benzene rings is 1. The number of methoxy groups -OCH3 is 2. The molecule has 0 aliphatic rings. The Balaban J connectivity index is 3.10. The van der Waals surface area contributed by atoms with Gasteiger partial charge < -0.3 is 14.6 Å². The summed E-state index contributed by atoms with van der Waals surface area (Å²) in [5.74, 6) is 1.50. The van der Waals surface area contributed by atoms with Gasteiger partial charge in [0, 0.05) is 12.0 Å². The second-order valence-corrected chi connectivity index (χ2v) is 4.21. The van der Waals surface area contributed by atoms with Crippen molar-refractivity contribution < 1.29 is 14.6 Å². The number of hydrogen-bond acceptors (Lipinski definition) is 3. The molecule has 0 radical (unpaired) electrons. The maximum absolute atomic E-state index is 9.35. The first kappa shape index (κ1) is 12.3. The van der Waals surface area contributed by atoms with E-state index >= 15 is 0 Å². The summed E-state index contributed by atoms with van der Waals surface area (Å²) in [6.07, 6.45) is 0.150. The summed E-state index contributed by atoms with van der Waals surface area (Å²) in [4.78, 5) is 0. The third-order valence-electron chi connectivity index (χ3n) is 2.07.